The molecule has 1 unspecified atom stereocenters. The number of fused-ring (bicyclic) bond motifs is 1. The minimum atomic E-state index is -0.458. The molecule has 5 nitrogen and oxygen atoms in total. The Balaban J connectivity index is 0.00000240. The van der Waals surface area contributed by atoms with Crippen molar-refractivity contribution in [3.05, 3.63) is 53.6 Å². The third kappa shape index (κ3) is 5.30. The van der Waals surface area contributed by atoms with Crippen molar-refractivity contribution >= 4 is 18.3 Å². The van der Waals surface area contributed by atoms with Crippen LogP contribution in [0.15, 0.2) is 42.5 Å². The van der Waals surface area contributed by atoms with Gasteiger partial charge < -0.3 is 20.5 Å². The van der Waals surface area contributed by atoms with E-state index in [-0.39, 0.29) is 24.2 Å². The average Bonchev–Trinajstić information content (AvgIpc) is 2.77. The summed E-state index contributed by atoms with van der Waals surface area (Å²) in [6, 6.07) is 14.3. The highest BCUT2D eigenvalue weighted by atomic mass is 35.5. The van der Waals surface area contributed by atoms with Gasteiger partial charge in [-0.3, -0.25) is 4.79 Å². The maximum absolute atomic E-state index is 12.4. The number of rotatable bonds is 5. The van der Waals surface area contributed by atoms with Crippen LogP contribution in [0.1, 0.15) is 30.4 Å². The number of hydrogen-bond donors (Lipinski definition) is 2. The first-order valence-electron chi connectivity index (χ1n) is 10.2. The molecule has 2 aliphatic rings. The molecule has 1 fully saturated rings. The second-order valence-corrected chi connectivity index (χ2v) is 7.66. The van der Waals surface area contributed by atoms with Crippen LogP contribution < -0.4 is 15.8 Å². The quantitative estimate of drug-likeness (QED) is 0.782. The van der Waals surface area contributed by atoms with Gasteiger partial charge in [-0.25, -0.2) is 0 Å². The van der Waals surface area contributed by atoms with Gasteiger partial charge in [-0.1, -0.05) is 30.3 Å². The van der Waals surface area contributed by atoms with E-state index in [0.29, 0.717) is 19.8 Å². The van der Waals surface area contributed by atoms with Crippen LogP contribution in [0.25, 0.3) is 11.1 Å². The Hall–Kier alpha value is -2.08. The molecule has 0 aromatic heterocycles. The molecule has 2 heterocycles. The minimum Gasteiger partial charge on any atom is -0.493 e. The summed E-state index contributed by atoms with van der Waals surface area (Å²) in [7, 11) is 0. The number of benzene rings is 2. The highest BCUT2D eigenvalue weighted by Crippen LogP contribution is 2.30. The maximum atomic E-state index is 12.4. The predicted octanol–water partition coefficient (Wildman–Crippen LogP) is 3.47. The molecular weight excluding hydrogens is 388 g/mol. The zero-order valence-corrected chi connectivity index (χ0v) is 17.4. The third-order valence-corrected chi connectivity index (χ3v) is 5.74. The standard InChI is InChI=1S/C23H28N2O3.ClH/c24-22(18-9-12-27-13-10-18)23(26)25-15-16-3-5-17(6-4-16)19-7-8-21-20(14-19)2-1-11-28-21;/h3-8,14,18,22H,1-2,9-13,15,24H2,(H,25,26);1H. The van der Waals surface area contributed by atoms with E-state index in [2.05, 4.69) is 47.8 Å². The Morgan fingerprint density at radius 2 is 1.79 bits per heavy atom. The summed E-state index contributed by atoms with van der Waals surface area (Å²) < 4.78 is 11.0. The molecule has 29 heavy (non-hydrogen) atoms. The number of halogens is 1. The Morgan fingerprint density at radius 3 is 2.55 bits per heavy atom. The predicted molar refractivity (Wildman–Crippen MR) is 116 cm³/mol. The summed E-state index contributed by atoms with van der Waals surface area (Å²) >= 11 is 0. The first kappa shape index (κ1) is 21.6. The number of amides is 1. The molecule has 1 saturated heterocycles. The molecule has 0 radical (unpaired) electrons. The molecule has 2 aromatic carbocycles. The number of nitrogens with two attached hydrogens (primary N) is 1. The first-order chi connectivity index (χ1) is 13.7. The maximum Gasteiger partial charge on any atom is 0.237 e. The number of hydrogen-bond acceptors (Lipinski definition) is 4. The van der Waals surface area contributed by atoms with Crippen LogP contribution in [0.3, 0.4) is 0 Å². The van der Waals surface area contributed by atoms with Gasteiger partial charge in [0.2, 0.25) is 5.91 Å². The van der Waals surface area contributed by atoms with Gasteiger partial charge in [0.15, 0.2) is 0 Å². The molecule has 0 aliphatic carbocycles. The lowest BCUT2D eigenvalue weighted by molar-refractivity contribution is -0.124. The van der Waals surface area contributed by atoms with Gasteiger partial charge in [-0.05, 0) is 66.0 Å². The zero-order valence-electron chi connectivity index (χ0n) is 16.6. The van der Waals surface area contributed by atoms with E-state index in [4.69, 9.17) is 15.2 Å². The van der Waals surface area contributed by atoms with Crippen LogP contribution in [0.4, 0.5) is 0 Å². The van der Waals surface area contributed by atoms with E-state index >= 15 is 0 Å². The third-order valence-electron chi connectivity index (χ3n) is 5.74. The van der Waals surface area contributed by atoms with Crippen LogP contribution in [0.5, 0.6) is 5.75 Å². The van der Waals surface area contributed by atoms with Crippen molar-refractivity contribution in [3.8, 4) is 16.9 Å². The molecular formula is C23H29ClN2O3. The summed E-state index contributed by atoms with van der Waals surface area (Å²) in [4.78, 5) is 12.4. The number of ether oxygens (including phenoxy) is 2. The Morgan fingerprint density at radius 1 is 1.07 bits per heavy atom. The molecule has 0 spiro atoms. The SMILES string of the molecule is Cl.NC(C(=O)NCc1ccc(-c2ccc3c(c2)CCCO3)cc1)C1CCOCC1. The van der Waals surface area contributed by atoms with E-state index in [0.717, 1.165) is 43.6 Å². The second-order valence-electron chi connectivity index (χ2n) is 7.66. The topological polar surface area (TPSA) is 73.6 Å². The van der Waals surface area contributed by atoms with Crippen molar-refractivity contribution in [2.24, 2.45) is 11.7 Å². The lowest BCUT2D eigenvalue weighted by Crippen LogP contribution is -2.46. The average molecular weight is 417 g/mol. The summed E-state index contributed by atoms with van der Waals surface area (Å²) in [5.41, 5.74) is 10.8. The number of aryl methyl sites for hydroxylation is 1. The lowest BCUT2D eigenvalue weighted by Gasteiger charge is -2.26. The van der Waals surface area contributed by atoms with Crippen molar-refractivity contribution in [3.63, 3.8) is 0 Å². The number of nitrogens with one attached hydrogen (secondary N) is 1. The highest BCUT2D eigenvalue weighted by Gasteiger charge is 2.26. The summed E-state index contributed by atoms with van der Waals surface area (Å²) in [5, 5.41) is 2.97. The molecule has 0 bridgehead atoms. The van der Waals surface area contributed by atoms with Crippen LogP contribution >= 0.6 is 12.4 Å². The van der Waals surface area contributed by atoms with Crippen molar-refractivity contribution in [2.75, 3.05) is 19.8 Å². The molecule has 156 valence electrons. The van der Waals surface area contributed by atoms with Crippen LogP contribution in [0.2, 0.25) is 0 Å². The summed E-state index contributed by atoms with van der Waals surface area (Å²) in [6.45, 7) is 2.70. The van der Waals surface area contributed by atoms with Crippen LogP contribution in [-0.2, 0) is 22.5 Å². The van der Waals surface area contributed by atoms with Gasteiger partial charge in [0.05, 0.1) is 12.6 Å². The molecule has 6 heteroatoms. The summed E-state index contributed by atoms with van der Waals surface area (Å²) in [6.07, 6.45) is 3.86. The fourth-order valence-corrected chi connectivity index (χ4v) is 3.95. The normalized spacial score (nSPS) is 17.4. The minimum absolute atomic E-state index is 0. The van der Waals surface area contributed by atoms with E-state index in [1.165, 1.54) is 16.7 Å². The molecule has 2 aromatic rings. The largest absolute Gasteiger partial charge is 0.493 e. The van der Waals surface area contributed by atoms with Crippen LogP contribution in [0, 0.1) is 5.92 Å². The van der Waals surface area contributed by atoms with Crippen molar-refractivity contribution in [2.45, 2.75) is 38.3 Å². The highest BCUT2D eigenvalue weighted by molar-refractivity contribution is 5.85. The van der Waals surface area contributed by atoms with Gasteiger partial charge in [0, 0.05) is 19.8 Å². The lowest BCUT2D eigenvalue weighted by atomic mass is 9.92. The van der Waals surface area contributed by atoms with Crippen molar-refractivity contribution in [1.82, 2.24) is 5.32 Å². The second kappa shape index (κ2) is 10.1. The molecule has 1 atom stereocenters. The van der Waals surface area contributed by atoms with Gasteiger partial charge in [-0.2, -0.15) is 0 Å². The molecule has 3 N–H and O–H groups in total. The zero-order chi connectivity index (χ0) is 19.3. The van der Waals surface area contributed by atoms with Crippen molar-refractivity contribution in [1.29, 1.82) is 0 Å². The summed E-state index contributed by atoms with van der Waals surface area (Å²) in [5.74, 6) is 1.14. The van der Waals surface area contributed by atoms with E-state index in [1.54, 1.807) is 0 Å². The molecule has 0 saturated carbocycles. The fraction of sp³-hybridized carbons (Fsp3) is 0.435. The van der Waals surface area contributed by atoms with Gasteiger partial charge in [0.25, 0.3) is 0 Å². The van der Waals surface area contributed by atoms with Gasteiger partial charge in [0.1, 0.15) is 5.75 Å². The van der Waals surface area contributed by atoms with E-state index in [9.17, 15) is 4.79 Å². The Kier molecular flexibility index (Phi) is 7.53. The fourth-order valence-electron chi connectivity index (χ4n) is 3.95. The number of carbonyl (C=O) groups excluding carboxylic acids is 1. The number of carbonyl (C=O) groups is 1. The van der Waals surface area contributed by atoms with Gasteiger partial charge >= 0.3 is 0 Å². The van der Waals surface area contributed by atoms with Gasteiger partial charge in [-0.15, -0.1) is 12.4 Å². The molecule has 4 rings (SSSR count). The Bertz CT molecular complexity index is 819. The monoisotopic (exact) mass is 416 g/mol. The van der Waals surface area contributed by atoms with E-state index < -0.39 is 6.04 Å². The molecule has 1 amide bonds. The smallest absolute Gasteiger partial charge is 0.237 e. The Labute approximate surface area is 178 Å². The van der Waals surface area contributed by atoms with Crippen LogP contribution in [-0.4, -0.2) is 31.8 Å². The molecule has 2 aliphatic heterocycles. The first-order valence-corrected chi connectivity index (χ1v) is 10.2. The van der Waals surface area contributed by atoms with Crippen molar-refractivity contribution < 1.29 is 14.3 Å². The van der Waals surface area contributed by atoms with E-state index in [1.807, 2.05) is 0 Å².